The summed E-state index contributed by atoms with van der Waals surface area (Å²) in [6.07, 6.45) is 3.84. The Hall–Kier alpha value is -4.58. The van der Waals surface area contributed by atoms with Gasteiger partial charge in [0.15, 0.2) is 11.6 Å². The summed E-state index contributed by atoms with van der Waals surface area (Å²) in [4.78, 5) is 34.5. The second kappa shape index (κ2) is 12.3. The average Bonchev–Trinajstić information content (AvgIpc) is 3.00. The van der Waals surface area contributed by atoms with E-state index in [0.29, 0.717) is 30.1 Å². The maximum Gasteiger partial charge on any atom is 0.264 e. The van der Waals surface area contributed by atoms with Crippen molar-refractivity contribution in [2.45, 2.75) is 83.6 Å². The number of hydrogen-bond donors (Lipinski definition) is 1. The van der Waals surface area contributed by atoms with Crippen molar-refractivity contribution in [1.29, 1.82) is 0 Å². The van der Waals surface area contributed by atoms with Crippen molar-refractivity contribution >= 4 is 21.9 Å². The molecular formula is C34H38N6O5S. The normalized spacial score (nSPS) is 20.7. The van der Waals surface area contributed by atoms with Gasteiger partial charge in [0.2, 0.25) is 11.8 Å². The third-order valence-electron chi connectivity index (χ3n) is 8.33. The van der Waals surface area contributed by atoms with E-state index in [4.69, 9.17) is 9.47 Å². The van der Waals surface area contributed by atoms with Crippen molar-refractivity contribution in [2.24, 2.45) is 5.92 Å². The lowest BCUT2D eigenvalue weighted by molar-refractivity contribution is -0.0224. The molecular weight excluding hydrogens is 604 g/mol. The lowest BCUT2D eigenvalue weighted by Gasteiger charge is -2.47. The van der Waals surface area contributed by atoms with Crippen LogP contribution in [0.4, 0.5) is 5.95 Å². The van der Waals surface area contributed by atoms with Gasteiger partial charge in [0.25, 0.3) is 15.9 Å². The van der Waals surface area contributed by atoms with Crippen LogP contribution in [0.15, 0.2) is 65.8 Å². The molecule has 2 aromatic carbocycles. The highest BCUT2D eigenvalue weighted by Crippen LogP contribution is 2.40. The van der Waals surface area contributed by atoms with Gasteiger partial charge in [0, 0.05) is 17.2 Å². The van der Waals surface area contributed by atoms with Crippen LogP contribution in [0.3, 0.4) is 0 Å². The fourth-order valence-corrected chi connectivity index (χ4v) is 7.41. The fraction of sp³-hybridized carbons (Fsp3) is 0.382. The van der Waals surface area contributed by atoms with Crippen LogP contribution < -0.4 is 14.2 Å². The molecule has 0 spiro atoms. The number of nitrogens with one attached hydrogen (secondary N) is 1. The standard InChI is InChI=1S/C34H38N6O5S/c1-19(2)31-28-14-13-27(32-35-17-24(18-36-32)44-20(3)4)40(31)33(41)23-11-8-12-25(15-23)46(42,43)39-34-37-26(16-29(38-34)45-28)30-21(5)9-7-10-22(30)6/h7-12,15-20,27-28,31H,13-14H2,1-6H3,(H,37,38,39). The van der Waals surface area contributed by atoms with Gasteiger partial charge in [-0.15, -0.1) is 0 Å². The zero-order chi connectivity index (χ0) is 32.7. The number of rotatable bonds is 5. The summed E-state index contributed by atoms with van der Waals surface area (Å²) in [5.74, 6) is 0.726. The molecule has 2 aliphatic heterocycles. The lowest BCUT2D eigenvalue weighted by atomic mass is 9.85. The Bertz CT molecular complexity index is 1860. The van der Waals surface area contributed by atoms with Crippen molar-refractivity contribution in [1.82, 2.24) is 24.8 Å². The highest BCUT2D eigenvalue weighted by atomic mass is 32.2. The molecule has 1 amide bonds. The van der Waals surface area contributed by atoms with Gasteiger partial charge in [0.1, 0.15) is 6.10 Å². The van der Waals surface area contributed by atoms with Crippen LogP contribution in [0.1, 0.15) is 73.9 Å². The molecule has 6 rings (SSSR count). The molecule has 0 saturated carbocycles. The highest BCUT2D eigenvalue weighted by Gasteiger charge is 2.45. The fourth-order valence-electron chi connectivity index (χ4n) is 6.42. The predicted molar refractivity (Wildman–Crippen MR) is 173 cm³/mol. The molecule has 2 aromatic heterocycles. The SMILES string of the molecule is Cc1cccc(C)c1-c1cc2nc(n1)NS(=O)(=O)c1cccc(c1)C(=O)N1C(c3ncc(OC(C)C)cn3)CCC(O2)C1C(C)C. The number of amides is 1. The number of aromatic nitrogens is 4. The maximum absolute atomic E-state index is 14.5. The first-order chi connectivity index (χ1) is 21.9. The Kier molecular flexibility index (Phi) is 8.41. The number of fused-ring (bicyclic) bond motifs is 6. The van der Waals surface area contributed by atoms with Crippen LogP contribution in [0.25, 0.3) is 11.3 Å². The molecule has 3 unspecified atom stereocenters. The molecule has 1 N–H and O–H groups in total. The van der Waals surface area contributed by atoms with Gasteiger partial charge in [-0.05, 0) is 75.8 Å². The first kappa shape index (κ1) is 31.4. The summed E-state index contributed by atoms with van der Waals surface area (Å²) >= 11 is 0. The topological polar surface area (TPSA) is 136 Å². The monoisotopic (exact) mass is 642 g/mol. The molecule has 4 aromatic rings. The molecule has 1 saturated heterocycles. The van der Waals surface area contributed by atoms with Crippen molar-refractivity contribution in [3.63, 3.8) is 0 Å². The molecule has 1 fully saturated rings. The van der Waals surface area contributed by atoms with Crippen LogP contribution >= 0.6 is 0 Å². The third kappa shape index (κ3) is 6.13. The van der Waals surface area contributed by atoms with Crippen molar-refractivity contribution in [3.05, 3.63) is 83.4 Å². The predicted octanol–water partition coefficient (Wildman–Crippen LogP) is 5.90. The van der Waals surface area contributed by atoms with Crippen LogP contribution in [0.5, 0.6) is 11.6 Å². The Morgan fingerprint density at radius 3 is 2.33 bits per heavy atom. The molecule has 240 valence electrons. The van der Waals surface area contributed by atoms with Gasteiger partial charge in [0.05, 0.1) is 41.2 Å². The number of carbonyl (C=O) groups excluding carboxylic acids is 1. The van der Waals surface area contributed by atoms with Gasteiger partial charge < -0.3 is 14.4 Å². The molecule has 0 radical (unpaired) electrons. The van der Waals surface area contributed by atoms with Crippen molar-refractivity contribution in [3.8, 4) is 22.9 Å². The van der Waals surface area contributed by atoms with Gasteiger partial charge >= 0.3 is 0 Å². The summed E-state index contributed by atoms with van der Waals surface area (Å²) in [6.45, 7) is 11.9. The second-order valence-corrected chi connectivity index (χ2v) is 14.1. The van der Waals surface area contributed by atoms with Gasteiger partial charge in [-0.2, -0.15) is 4.98 Å². The quantitative estimate of drug-likeness (QED) is 0.282. The lowest BCUT2D eigenvalue weighted by Crippen LogP contribution is -2.56. The molecule has 3 atom stereocenters. The van der Waals surface area contributed by atoms with E-state index >= 15 is 0 Å². The summed E-state index contributed by atoms with van der Waals surface area (Å²) in [5.41, 5.74) is 3.57. The Balaban J connectivity index is 1.52. The zero-order valence-electron chi connectivity index (χ0n) is 26.8. The second-order valence-electron chi connectivity index (χ2n) is 12.5. The van der Waals surface area contributed by atoms with Crippen LogP contribution in [-0.2, 0) is 10.0 Å². The van der Waals surface area contributed by atoms with Crippen molar-refractivity contribution < 1.29 is 22.7 Å². The number of piperidine rings is 1. The number of anilines is 1. The summed E-state index contributed by atoms with van der Waals surface area (Å²) in [6, 6.07) is 12.8. The Morgan fingerprint density at radius 1 is 0.957 bits per heavy atom. The maximum atomic E-state index is 14.5. The van der Waals surface area contributed by atoms with E-state index < -0.39 is 28.2 Å². The van der Waals surface area contributed by atoms with E-state index in [1.807, 2.05) is 59.7 Å². The summed E-state index contributed by atoms with van der Waals surface area (Å²) in [7, 11) is -4.17. The molecule has 2 aliphatic rings. The third-order valence-corrected chi connectivity index (χ3v) is 9.65. The average molecular weight is 643 g/mol. The van der Waals surface area contributed by atoms with Crippen molar-refractivity contribution in [2.75, 3.05) is 4.72 Å². The van der Waals surface area contributed by atoms with E-state index in [-0.39, 0.29) is 40.2 Å². The zero-order valence-corrected chi connectivity index (χ0v) is 27.6. The summed E-state index contributed by atoms with van der Waals surface area (Å²) < 4.78 is 42.2. The minimum absolute atomic E-state index is 0.0383. The number of nitrogens with zero attached hydrogens (tertiary/aromatic N) is 5. The first-order valence-corrected chi connectivity index (χ1v) is 17.0. The minimum atomic E-state index is -4.17. The molecule has 11 nitrogen and oxygen atoms in total. The Labute approximate surface area is 269 Å². The number of hydrogen-bond acceptors (Lipinski definition) is 9. The van der Waals surface area contributed by atoms with Crippen LogP contribution in [-0.4, -0.2) is 57.4 Å². The van der Waals surface area contributed by atoms with Gasteiger partial charge in [-0.1, -0.05) is 38.1 Å². The number of aryl methyl sites for hydroxylation is 2. The molecule has 12 heteroatoms. The van der Waals surface area contributed by atoms with E-state index in [1.54, 1.807) is 35.5 Å². The van der Waals surface area contributed by atoms with Crippen LogP contribution in [0.2, 0.25) is 0 Å². The highest BCUT2D eigenvalue weighted by molar-refractivity contribution is 7.92. The number of ether oxygens (including phenoxy) is 2. The van der Waals surface area contributed by atoms with Gasteiger partial charge in [-0.3, -0.25) is 4.79 Å². The first-order valence-electron chi connectivity index (χ1n) is 15.5. The number of benzene rings is 2. The molecule has 6 bridgehead atoms. The van der Waals surface area contributed by atoms with E-state index in [2.05, 4.69) is 24.7 Å². The number of carbonyl (C=O) groups is 1. The molecule has 0 aliphatic carbocycles. The Morgan fingerprint density at radius 2 is 1.65 bits per heavy atom. The molecule has 4 heterocycles. The van der Waals surface area contributed by atoms with E-state index in [0.717, 1.165) is 16.7 Å². The number of sulfonamides is 1. The minimum Gasteiger partial charge on any atom is -0.488 e. The van der Waals surface area contributed by atoms with E-state index in [1.165, 1.54) is 12.1 Å². The van der Waals surface area contributed by atoms with Crippen LogP contribution in [0, 0.1) is 19.8 Å². The largest absolute Gasteiger partial charge is 0.488 e. The summed E-state index contributed by atoms with van der Waals surface area (Å²) in [5, 5.41) is 0. The molecule has 46 heavy (non-hydrogen) atoms. The van der Waals surface area contributed by atoms with E-state index in [9.17, 15) is 13.2 Å². The smallest absolute Gasteiger partial charge is 0.264 e. The van der Waals surface area contributed by atoms with Gasteiger partial charge in [-0.25, -0.2) is 28.1 Å².